The second-order valence-electron chi connectivity index (χ2n) is 15.2. The molecule has 1 heteroatoms. The highest BCUT2D eigenvalue weighted by Crippen LogP contribution is 2.50. The van der Waals surface area contributed by atoms with E-state index in [0.717, 1.165) is 17.1 Å². The van der Waals surface area contributed by atoms with Crippen LogP contribution in [0.15, 0.2) is 237 Å². The van der Waals surface area contributed by atoms with Gasteiger partial charge >= 0.3 is 0 Å². The highest BCUT2D eigenvalue weighted by Gasteiger charge is 2.22. The van der Waals surface area contributed by atoms with Crippen LogP contribution in [0.1, 0.15) is 0 Å². The number of benzene rings is 11. The molecule has 1 nitrogen and oxygen atoms in total. The van der Waals surface area contributed by atoms with Crippen LogP contribution in [0, 0.1) is 0 Å². The molecular weight excluding hydrogens is 711 g/mol. The Labute approximate surface area is 344 Å². The van der Waals surface area contributed by atoms with E-state index >= 15 is 0 Å². The Kier molecular flexibility index (Phi) is 8.56. The van der Waals surface area contributed by atoms with E-state index in [0.29, 0.717) is 0 Å². The second kappa shape index (κ2) is 14.6. The SMILES string of the molecule is c1ccc(-c2ccc3c(c2)c2ccccc2c2c(-c4ccc(N(c5ccccc5)c5ccc6ccccc6c5)cc4)c(-c4ccccc4)cc(-c4ccccc4)c32)cc1. The van der Waals surface area contributed by atoms with Crippen molar-refractivity contribution in [2.24, 2.45) is 0 Å². The predicted octanol–water partition coefficient (Wildman–Crippen LogP) is 16.4. The van der Waals surface area contributed by atoms with Gasteiger partial charge in [0.2, 0.25) is 0 Å². The van der Waals surface area contributed by atoms with Crippen LogP contribution >= 0.6 is 0 Å². The molecule has 0 fully saturated rings. The molecule has 0 aliphatic heterocycles. The van der Waals surface area contributed by atoms with Gasteiger partial charge in [-0.15, -0.1) is 0 Å². The van der Waals surface area contributed by atoms with Gasteiger partial charge in [0.1, 0.15) is 0 Å². The zero-order chi connectivity index (χ0) is 39.1. The van der Waals surface area contributed by atoms with E-state index in [9.17, 15) is 0 Å². The number of nitrogens with zero attached hydrogens (tertiary/aromatic N) is 1. The minimum Gasteiger partial charge on any atom is -0.310 e. The quantitative estimate of drug-likeness (QED) is 0.147. The molecule has 11 rings (SSSR count). The van der Waals surface area contributed by atoms with Crippen molar-refractivity contribution in [1.29, 1.82) is 0 Å². The Hall–Kier alpha value is -7.74. The van der Waals surface area contributed by atoms with Crippen LogP contribution in [0.4, 0.5) is 17.1 Å². The van der Waals surface area contributed by atoms with Crippen molar-refractivity contribution in [3.05, 3.63) is 237 Å². The molecule has 276 valence electrons. The van der Waals surface area contributed by atoms with Crippen molar-refractivity contribution in [2.45, 2.75) is 0 Å². The second-order valence-corrected chi connectivity index (χ2v) is 15.2. The van der Waals surface area contributed by atoms with Gasteiger partial charge in [0.05, 0.1) is 0 Å². The van der Waals surface area contributed by atoms with Gasteiger partial charge in [-0.05, 0) is 136 Å². The van der Waals surface area contributed by atoms with Gasteiger partial charge in [-0.25, -0.2) is 0 Å². The fourth-order valence-electron chi connectivity index (χ4n) is 9.07. The Morgan fingerprint density at radius 2 is 0.746 bits per heavy atom. The number of hydrogen-bond acceptors (Lipinski definition) is 1. The van der Waals surface area contributed by atoms with Crippen LogP contribution in [0.2, 0.25) is 0 Å². The van der Waals surface area contributed by atoms with Crippen molar-refractivity contribution >= 4 is 60.2 Å². The summed E-state index contributed by atoms with van der Waals surface area (Å²) in [5.41, 5.74) is 13.0. The van der Waals surface area contributed by atoms with Gasteiger partial charge in [-0.3, -0.25) is 0 Å². The number of rotatable bonds is 7. The molecule has 0 unspecified atom stereocenters. The molecule has 59 heavy (non-hydrogen) atoms. The van der Waals surface area contributed by atoms with E-state index in [1.54, 1.807) is 0 Å². The Balaban J connectivity index is 1.21. The minimum atomic E-state index is 1.10. The molecule has 0 aliphatic rings. The van der Waals surface area contributed by atoms with Crippen LogP contribution in [-0.2, 0) is 0 Å². The molecular formula is C58H39N. The van der Waals surface area contributed by atoms with Gasteiger partial charge < -0.3 is 4.90 Å². The van der Waals surface area contributed by atoms with Crippen LogP contribution in [-0.4, -0.2) is 0 Å². The first-order valence-corrected chi connectivity index (χ1v) is 20.3. The normalized spacial score (nSPS) is 11.4. The van der Waals surface area contributed by atoms with Crippen molar-refractivity contribution < 1.29 is 0 Å². The van der Waals surface area contributed by atoms with Gasteiger partial charge in [0.25, 0.3) is 0 Å². The first-order chi connectivity index (χ1) is 29.3. The molecule has 0 atom stereocenters. The topological polar surface area (TPSA) is 3.24 Å². The van der Waals surface area contributed by atoms with Gasteiger partial charge in [-0.1, -0.05) is 188 Å². The van der Waals surface area contributed by atoms with Crippen molar-refractivity contribution in [2.75, 3.05) is 4.90 Å². The summed E-state index contributed by atoms with van der Waals surface area (Å²) in [6.07, 6.45) is 0. The Morgan fingerprint density at radius 3 is 1.44 bits per heavy atom. The summed E-state index contributed by atoms with van der Waals surface area (Å²) < 4.78 is 0. The van der Waals surface area contributed by atoms with Gasteiger partial charge in [0.15, 0.2) is 0 Å². The maximum absolute atomic E-state index is 2.45. The number of para-hydroxylation sites is 1. The number of fused-ring (bicyclic) bond motifs is 7. The summed E-state index contributed by atoms with van der Waals surface area (Å²) >= 11 is 0. The fourth-order valence-corrected chi connectivity index (χ4v) is 9.07. The largest absolute Gasteiger partial charge is 0.310 e. The Morgan fingerprint density at radius 1 is 0.237 bits per heavy atom. The summed E-state index contributed by atoms with van der Waals surface area (Å²) in [5.74, 6) is 0. The smallest absolute Gasteiger partial charge is 0.0468 e. The maximum Gasteiger partial charge on any atom is 0.0468 e. The molecule has 0 saturated heterocycles. The van der Waals surface area contributed by atoms with Gasteiger partial charge in [-0.2, -0.15) is 0 Å². The van der Waals surface area contributed by atoms with Crippen LogP contribution in [0.5, 0.6) is 0 Å². The van der Waals surface area contributed by atoms with Crippen LogP contribution < -0.4 is 4.90 Å². The van der Waals surface area contributed by atoms with E-state index < -0.39 is 0 Å². The molecule has 11 aromatic rings. The first kappa shape index (κ1) is 34.5. The summed E-state index contributed by atoms with van der Waals surface area (Å²) in [5, 5.41) is 9.99. The molecule has 0 spiro atoms. The molecule has 0 heterocycles. The molecule has 0 amide bonds. The average Bonchev–Trinajstić information content (AvgIpc) is 3.32. The van der Waals surface area contributed by atoms with Crippen molar-refractivity contribution in [3.63, 3.8) is 0 Å². The van der Waals surface area contributed by atoms with E-state index in [2.05, 4.69) is 241 Å². The van der Waals surface area contributed by atoms with Crippen molar-refractivity contribution in [3.8, 4) is 44.5 Å². The van der Waals surface area contributed by atoms with Gasteiger partial charge in [0, 0.05) is 17.1 Å². The molecule has 0 saturated carbocycles. The molecule has 0 radical (unpaired) electrons. The third-order valence-electron chi connectivity index (χ3n) is 11.8. The lowest BCUT2D eigenvalue weighted by atomic mass is 9.81. The number of anilines is 3. The number of hydrogen-bond donors (Lipinski definition) is 0. The van der Waals surface area contributed by atoms with Crippen molar-refractivity contribution in [1.82, 2.24) is 0 Å². The van der Waals surface area contributed by atoms with E-state index in [1.807, 2.05) is 0 Å². The fraction of sp³-hybridized carbons (Fsp3) is 0. The molecule has 0 aliphatic carbocycles. The standard InChI is InChI=1S/C58H39N/c1-5-17-40(18-6-1)46-32-36-52-55(38-46)50-27-15-16-28-51(50)58-56(53(42-20-7-2-8-21-42)39-54(57(52)58)43-22-9-3-10-23-43)44-30-33-48(34-31-44)59(47-25-11-4-12-26-47)49-35-29-41-19-13-14-24-45(41)37-49/h1-39H. The minimum absolute atomic E-state index is 1.10. The lowest BCUT2D eigenvalue weighted by molar-refractivity contribution is 1.29. The Bertz CT molecular complexity index is 3280. The third kappa shape index (κ3) is 6.12. The highest BCUT2D eigenvalue weighted by atomic mass is 15.1. The van der Waals surface area contributed by atoms with E-state index in [1.165, 1.54) is 87.6 Å². The molecule has 11 aromatic carbocycles. The average molecular weight is 750 g/mol. The summed E-state index contributed by atoms with van der Waals surface area (Å²) in [4.78, 5) is 2.36. The zero-order valence-electron chi connectivity index (χ0n) is 32.5. The summed E-state index contributed by atoms with van der Waals surface area (Å²) in [7, 11) is 0. The third-order valence-corrected chi connectivity index (χ3v) is 11.8. The lowest BCUT2D eigenvalue weighted by Crippen LogP contribution is -2.09. The van der Waals surface area contributed by atoms with E-state index in [-0.39, 0.29) is 0 Å². The molecule has 0 bridgehead atoms. The zero-order valence-corrected chi connectivity index (χ0v) is 32.5. The van der Waals surface area contributed by atoms with Crippen LogP contribution in [0.25, 0.3) is 87.6 Å². The summed E-state index contributed by atoms with van der Waals surface area (Å²) in [6.45, 7) is 0. The first-order valence-electron chi connectivity index (χ1n) is 20.3. The van der Waals surface area contributed by atoms with Crippen LogP contribution in [0.3, 0.4) is 0 Å². The predicted molar refractivity (Wildman–Crippen MR) is 253 cm³/mol. The lowest BCUT2D eigenvalue weighted by Gasteiger charge is -2.26. The maximum atomic E-state index is 2.45. The monoisotopic (exact) mass is 749 g/mol. The summed E-state index contributed by atoms with van der Waals surface area (Å²) in [6, 6.07) is 86.3. The molecule has 0 N–H and O–H groups in total. The molecule has 0 aromatic heterocycles. The highest BCUT2D eigenvalue weighted by molar-refractivity contribution is 6.33. The van der Waals surface area contributed by atoms with E-state index in [4.69, 9.17) is 0 Å².